The third-order valence-electron chi connectivity index (χ3n) is 3.65. The maximum Gasteiger partial charge on any atom is 0.326 e. The van der Waals surface area contributed by atoms with E-state index in [9.17, 15) is 24.6 Å². The summed E-state index contributed by atoms with van der Waals surface area (Å²) in [5, 5.41) is 18.9. The zero-order valence-corrected chi connectivity index (χ0v) is 14.2. The van der Waals surface area contributed by atoms with Gasteiger partial charge < -0.3 is 27.4 Å². The maximum absolute atomic E-state index is 12.5. The van der Waals surface area contributed by atoms with Gasteiger partial charge in [-0.2, -0.15) is 0 Å². The maximum atomic E-state index is 12.5. The molecule has 0 aromatic carbocycles. The Balaban J connectivity index is 5.27. The highest BCUT2D eigenvalue weighted by Crippen LogP contribution is 2.14. The molecule has 0 saturated carbocycles. The van der Waals surface area contributed by atoms with E-state index in [0.717, 1.165) is 0 Å². The van der Waals surface area contributed by atoms with Crippen LogP contribution in [0.5, 0.6) is 0 Å². The number of hydrogen-bond acceptors (Lipinski definition) is 7. The summed E-state index contributed by atoms with van der Waals surface area (Å²) in [6, 6.07) is -2.39. The first-order valence-corrected chi connectivity index (χ1v) is 8.21. The van der Waals surface area contributed by atoms with Crippen LogP contribution in [0.25, 0.3) is 0 Å². The Hall–Kier alpha value is -1.55. The normalized spacial score (nSPS) is 14.7. The average Bonchev–Trinajstić information content (AvgIpc) is 2.53. The van der Waals surface area contributed by atoms with E-state index in [1.165, 1.54) is 6.92 Å². The number of imide groups is 1. The lowest BCUT2D eigenvalue weighted by molar-refractivity contribution is -0.162. The fraction of sp³-hybridized carbons (Fsp3) is 0.800. The molecule has 0 fully saturated rings. The number of aliphatic carboxylic acids is 1. The second-order valence-electron chi connectivity index (χ2n) is 5.75. The molecule has 9 heteroatoms. The number of carboxylic acids is 1. The largest absolute Gasteiger partial charge is 0.480 e. The molecule has 24 heavy (non-hydrogen) atoms. The minimum Gasteiger partial charge on any atom is -0.480 e. The van der Waals surface area contributed by atoms with Gasteiger partial charge in [0.2, 0.25) is 5.91 Å². The van der Waals surface area contributed by atoms with Crippen LogP contribution in [0.3, 0.4) is 0 Å². The number of carbonyl (C=O) groups is 3. The zero-order valence-electron chi connectivity index (χ0n) is 14.2. The molecule has 0 bridgehead atoms. The van der Waals surface area contributed by atoms with Crippen molar-refractivity contribution in [2.75, 3.05) is 13.1 Å². The quantitative estimate of drug-likeness (QED) is 0.273. The first kappa shape index (κ1) is 22.4. The summed E-state index contributed by atoms with van der Waals surface area (Å²) in [4.78, 5) is 36.8. The Kier molecular flexibility index (Phi) is 11.1. The highest BCUT2D eigenvalue weighted by Gasteiger charge is 2.38. The van der Waals surface area contributed by atoms with E-state index in [4.69, 9.17) is 17.2 Å². The van der Waals surface area contributed by atoms with E-state index in [1.807, 2.05) is 0 Å². The molecule has 0 aliphatic heterocycles. The lowest BCUT2D eigenvalue weighted by atomic mass is 10.0. The number of aliphatic hydroxyl groups excluding tert-OH is 1. The highest BCUT2D eigenvalue weighted by atomic mass is 16.4. The minimum atomic E-state index is -1.50. The van der Waals surface area contributed by atoms with Gasteiger partial charge in [-0.3, -0.25) is 14.5 Å². The predicted octanol–water partition coefficient (Wildman–Crippen LogP) is -1.24. The Morgan fingerprint density at radius 3 is 1.88 bits per heavy atom. The molecule has 0 rings (SSSR count). The first-order chi connectivity index (χ1) is 11.3. The van der Waals surface area contributed by atoms with E-state index in [-0.39, 0.29) is 12.8 Å². The molecule has 3 unspecified atom stereocenters. The summed E-state index contributed by atoms with van der Waals surface area (Å²) >= 11 is 0. The summed E-state index contributed by atoms with van der Waals surface area (Å²) in [7, 11) is 0. The number of nitrogens with zero attached hydrogens (tertiary/aromatic N) is 1. The number of aliphatic hydroxyl groups is 1. The van der Waals surface area contributed by atoms with Crippen LogP contribution in [0.2, 0.25) is 0 Å². The highest BCUT2D eigenvalue weighted by molar-refractivity contribution is 6.02. The zero-order chi connectivity index (χ0) is 18.7. The van der Waals surface area contributed by atoms with Gasteiger partial charge in [-0.05, 0) is 52.1 Å². The van der Waals surface area contributed by atoms with Crippen molar-refractivity contribution >= 4 is 17.8 Å². The SMILES string of the molecule is CC(O)C(=O)N(C(=O)C(N)CCCCN)C(CCCCN)C(=O)O. The van der Waals surface area contributed by atoms with Gasteiger partial charge in [-0.1, -0.05) is 6.42 Å². The van der Waals surface area contributed by atoms with Gasteiger partial charge in [0, 0.05) is 0 Å². The Morgan fingerprint density at radius 1 is 0.958 bits per heavy atom. The van der Waals surface area contributed by atoms with Crippen LogP contribution < -0.4 is 17.2 Å². The van der Waals surface area contributed by atoms with Crippen molar-refractivity contribution in [3.8, 4) is 0 Å². The van der Waals surface area contributed by atoms with Gasteiger partial charge in [-0.25, -0.2) is 4.79 Å². The third kappa shape index (κ3) is 7.35. The van der Waals surface area contributed by atoms with Crippen molar-refractivity contribution in [3.05, 3.63) is 0 Å². The second-order valence-corrected chi connectivity index (χ2v) is 5.75. The molecular formula is C15H30N4O5. The van der Waals surface area contributed by atoms with Crippen molar-refractivity contribution in [2.45, 2.75) is 63.6 Å². The fourth-order valence-electron chi connectivity index (χ4n) is 2.27. The van der Waals surface area contributed by atoms with Crippen LogP contribution >= 0.6 is 0 Å². The number of nitrogens with two attached hydrogens (primary N) is 3. The molecule has 8 N–H and O–H groups in total. The molecule has 9 nitrogen and oxygen atoms in total. The lowest BCUT2D eigenvalue weighted by Gasteiger charge is -2.30. The van der Waals surface area contributed by atoms with Crippen LogP contribution in [-0.4, -0.2) is 64.2 Å². The van der Waals surface area contributed by atoms with Crippen LogP contribution in [-0.2, 0) is 14.4 Å². The van der Waals surface area contributed by atoms with E-state index >= 15 is 0 Å². The van der Waals surface area contributed by atoms with Crippen molar-refractivity contribution in [1.82, 2.24) is 4.90 Å². The van der Waals surface area contributed by atoms with Gasteiger partial charge in [-0.15, -0.1) is 0 Å². The van der Waals surface area contributed by atoms with Gasteiger partial charge in [0.15, 0.2) is 0 Å². The second kappa shape index (κ2) is 11.9. The number of rotatable bonds is 12. The summed E-state index contributed by atoms with van der Waals surface area (Å²) in [5.41, 5.74) is 16.6. The molecule has 0 heterocycles. The number of carboxylic acid groups (broad SMARTS) is 1. The average molecular weight is 346 g/mol. The molecule has 0 saturated heterocycles. The summed E-state index contributed by atoms with van der Waals surface area (Å²) in [5.74, 6) is -3.07. The Labute approximate surface area is 142 Å². The minimum absolute atomic E-state index is 0.0618. The monoisotopic (exact) mass is 346 g/mol. The number of hydrogen-bond donors (Lipinski definition) is 5. The van der Waals surface area contributed by atoms with Crippen LogP contribution in [0.1, 0.15) is 45.4 Å². The van der Waals surface area contributed by atoms with Gasteiger partial charge in [0.25, 0.3) is 5.91 Å². The van der Waals surface area contributed by atoms with E-state index in [1.54, 1.807) is 0 Å². The molecule has 0 spiro atoms. The van der Waals surface area contributed by atoms with E-state index in [2.05, 4.69) is 0 Å². The molecule has 2 amide bonds. The van der Waals surface area contributed by atoms with Crippen LogP contribution in [0, 0.1) is 0 Å². The molecule has 0 aliphatic rings. The van der Waals surface area contributed by atoms with E-state index < -0.39 is 36.0 Å². The van der Waals surface area contributed by atoms with E-state index in [0.29, 0.717) is 43.7 Å². The number of amides is 2. The molecule has 0 aromatic heterocycles. The van der Waals surface area contributed by atoms with Crippen molar-refractivity contribution in [3.63, 3.8) is 0 Å². The number of carbonyl (C=O) groups excluding carboxylic acids is 2. The van der Waals surface area contributed by atoms with Crippen molar-refractivity contribution in [2.24, 2.45) is 17.2 Å². The van der Waals surface area contributed by atoms with Gasteiger partial charge in [0.1, 0.15) is 12.1 Å². The van der Waals surface area contributed by atoms with Crippen LogP contribution in [0.4, 0.5) is 0 Å². The number of unbranched alkanes of at least 4 members (excludes halogenated alkanes) is 2. The fourth-order valence-corrected chi connectivity index (χ4v) is 2.27. The smallest absolute Gasteiger partial charge is 0.326 e. The topological polar surface area (TPSA) is 173 Å². The Morgan fingerprint density at radius 2 is 1.46 bits per heavy atom. The summed E-state index contributed by atoms with van der Waals surface area (Å²) < 4.78 is 0. The van der Waals surface area contributed by atoms with Gasteiger partial charge in [0.05, 0.1) is 6.04 Å². The van der Waals surface area contributed by atoms with Crippen molar-refractivity contribution in [1.29, 1.82) is 0 Å². The third-order valence-corrected chi connectivity index (χ3v) is 3.65. The first-order valence-electron chi connectivity index (χ1n) is 8.21. The van der Waals surface area contributed by atoms with Crippen molar-refractivity contribution < 1.29 is 24.6 Å². The molecular weight excluding hydrogens is 316 g/mol. The lowest BCUT2D eigenvalue weighted by Crippen LogP contribution is -2.56. The predicted molar refractivity (Wildman–Crippen MR) is 88.7 cm³/mol. The molecule has 140 valence electrons. The molecule has 0 aromatic rings. The van der Waals surface area contributed by atoms with Gasteiger partial charge >= 0.3 is 5.97 Å². The molecule has 3 atom stereocenters. The van der Waals surface area contributed by atoms with Crippen LogP contribution in [0.15, 0.2) is 0 Å². The Bertz CT molecular complexity index is 417. The molecule has 0 radical (unpaired) electrons. The summed E-state index contributed by atoms with van der Waals surface area (Å²) in [6.07, 6.45) is 1.11. The summed E-state index contributed by atoms with van der Waals surface area (Å²) in [6.45, 7) is 2.01. The standard InChI is InChI=1S/C15H30N4O5/c1-10(20)13(21)19(12(15(23)24)7-3-5-9-17)14(22)11(18)6-2-4-8-16/h10-12,20H,2-9,16-18H2,1H3,(H,23,24). The molecule has 0 aliphatic carbocycles.